The first kappa shape index (κ1) is 15.8. The van der Waals surface area contributed by atoms with Crippen LogP contribution in [0.2, 0.25) is 0 Å². The van der Waals surface area contributed by atoms with Crippen LogP contribution >= 0.6 is 0 Å². The van der Waals surface area contributed by atoms with Crippen LogP contribution in [-0.2, 0) is 7.05 Å². The zero-order valence-corrected chi connectivity index (χ0v) is 14.2. The van der Waals surface area contributed by atoms with Gasteiger partial charge in [0, 0.05) is 26.1 Å². The lowest BCUT2D eigenvalue weighted by atomic mass is 9.86. The van der Waals surface area contributed by atoms with Crippen LogP contribution in [0.15, 0.2) is 55.0 Å². The molecule has 2 unspecified atom stereocenters. The average Bonchev–Trinajstić information content (AvgIpc) is 3.06. The van der Waals surface area contributed by atoms with Crippen LogP contribution in [0.3, 0.4) is 0 Å². The summed E-state index contributed by atoms with van der Waals surface area (Å²) in [6.07, 6.45) is 3.38. The van der Waals surface area contributed by atoms with Gasteiger partial charge in [-0.2, -0.15) is 0 Å². The summed E-state index contributed by atoms with van der Waals surface area (Å²) in [5, 5.41) is 13.0. The number of carbonyl (C=O) groups excluding carboxylic acids is 1. The van der Waals surface area contributed by atoms with Crippen LogP contribution in [-0.4, -0.2) is 44.7 Å². The van der Waals surface area contributed by atoms with Crippen molar-refractivity contribution in [3.05, 3.63) is 66.2 Å². The number of β-amino-alcohol motifs (C(OH)–C–C–N with tert-alkyl or cyclic N) is 1. The monoisotopic (exact) mass is 335 g/mol. The number of nitrogens with zero attached hydrogens (tertiary/aromatic N) is 3. The number of amides is 1. The maximum atomic E-state index is 12.6. The Labute approximate surface area is 146 Å². The summed E-state index contributed by atoms with van der Waals surface area (Å²) in [6, 6.07) is 14.6. The van der Waals surface area contributed by atoms with Crippen molar-refractivity contribution in [1.82, 2.24) is 14.5 Å². The van der Waals surface area contributed by atoms with Gasteiger partial charge in [-0.25, -0.2) is 4.98 Å². The quantitative estimate of drug-likeness (QED) is 0.783. The topological polar surface area (TPSA) is 58.4 Å². The fourth-order valence-corrected chi connectivity index (χ4v) is 3.67. The molecule has 1 amide bonds. The highest BCUT2D eigenvalue weighted by atomic mass is 16.3. The summed E-state index contributed by atoms with van der Waals surface area (Å²) >= 11 is 0. The minimum atomic E-state index is -0.563. The fraction of sp³-hybridized carbons (Fsp3) is 0.300. The summed E-state index contributed by atoms with van der Waals surface area (Å²) in [4.78, 5) is 18.3. The van der Waals surface area contributed by atoms with E-state index in [1.807, 2.05) is 12.1 Å². The fourth-order valence-electron chi connectivity index (χ4n) is 3.67. The van der Waals surface area contributed by atoms with Gasteiger partial charge < -0.3 is 14.6 Å². The SMILES string of the molecule is Cn1cncc1C(=O)N1CCC(c2ccc3ccccc3c2)C(O)C1. The molecule has 2 aromatic carbocycles. The van der Waals surface area contributed by atoms with Gasteiger partial charge in [0.1, 0.15) is 5.69 Å². The van der Waals surface area contributed by atoms with E-state index < -0.39 is 6.10 Å². The number of aromatic nitrogens is 2. The van der Waals surface area contributed by atoms with Crippen molar-refractivity contribution in [3.8, 4) is 0 Å². The van der Waals surface area contributed by atoms with Gasteiger partial charge in [0.15, 0.2) is 0 Å². The van der Waals surface area contributed by atoms with Crippen molar-refractivity contribution < 1.29 is 9.90 Å². The van der Waals surface area contributed by atoms with E-state index in [0.29, 0.717) is 18.8 Å². The van der Waals surface area contributed by atoms with E-state index in [9.17, 15) is 9.90 Å². The number of piperidine rings is 1. The highest BCUT2D eigenvalue weighted by Gasteiger charge is 2.32. The van der Waals surface area contributed by atoms with Crippen molar-refractivity contribution in [1.29, 1.82) is 0 Å². The molecular weight excluding hydrogens is 314 g/mol. The molecule has 1 aromatic heterocycles. The van der Waals surface area contributed by atoms with Gasteiger partial charge in [-0.15, -0.1) is 0 Å². The number of aliphatic hydroxyl groups is 1. The number of fused-ring (bicyclic) bond motifs is 1. The Morgan fingerprint density at radius 2 is 2.00 bits per heavy atom. The molecular formula is C20H21N3O2. The lowest BCUT2D eigenvalue weighted by Crippen LogP contribution is -2.46. The van der Waals surface area contributed by atoms with Gasteiger partial charge in [0.25, 0.3) is 5.91 Å². The number of aliphatic hydroxyl groups excluding tert-OH is 1. The van der Waals surface area contributed by atoms with Crippen molar-refractivity contribution in [2.75, 3.05) is 13.1 Å². The molecule has 1 N–H and O–H groups in total. The third-order valence-electron chi connectivity index (χ3n) is 5.11. The molecule has 4 rings (SSSR count). The first-order valence-corrected chi connectivity index (χ1v) is 8.56. The molecule has 2 heterocycles. The van der Waals surface area contributed by atoms with E-state index in [-0.39, 0.29) is 11.8 Å². The van der Waals surface area contributed by atoms with Gasteiger partial charge in [-0.1, -0.05) is 42.5 Å². The maximum Gasteiger partial charge on any atom is 0.272 e. The second-order valence-electron chi connectivity index (χ2n) is 6.71. The Bertz CT molecular complexity index is 918. The summed E-state index contributed by atoms with van der Waals surface area (Å²) in [6.45, 7) is 0.986. The largest absolute Gasteiger partial charge is 0.391 e. The van der Waals surface area contributed by atoms with Crippen molar-refractivity contribution in [2.24, 2.45) is 7.05 Å². The minimum Gasteiger partial charge on any atom is -0.391 e. The molecule has 1 fully saturated rings. The van der Waals surface area contributed by atoms with E-state index in [1.54, 1.807) is 29.0 Å². The van der Waals surface area contributed by atoms with Crippen molar-refractivity contribution >= 4 is 16.7 Å². The number of rotatable bonds is 2. The Morgan fingerprint density at radius 1 is 1.20 bits per heavy atom. The van der Waals surface area contributed by atoms with E-state index in [2.05, 4.69) is 35.3 Å². The zero-order valence-electron chi connectivity index (χ0n) is 14.2. The standard InChI is InChI=1S/C20H21N3O2/c1-22-13-21-11-18(22)20(25)23-9-8-17(19(24)12-23)16-7-6-14-4-2-3-5-15(14)10-16/h2-7,10-11,13,17,19,24H,8-9,12H2,1H3. The molecule has 5 heteroatoms. The van der Waals surface area contributed by atoms with E-state index >= 15 is 0 Å². The van der Waals surface area contributed by atoms with E-state index in [0.717, 1.165) is 12.0 Å². The Morgan fingerprint density at radius 3 is 2.72 bits per heavy atom. The van der Waals surface area contributed by atoms with Gasteiger partial charge in [-0.3, -0.25) is 4.79 Å². The maximum absolute atomic E-state index is 12.6. The second kappa shape index (κ2) is 6.33. The zero-order chi connectivity index (χ0) is 17.4. The third kappa shape index (κ3) is 2.91. The predicted molar refractivity (Wildman–Crippen MR) is 96.4 cm³/mol. The van der Waals surface area contributed by atoms with E-state index in [4.69, 9.17) is 0 Å². The Balaban J connectivity index is 1.53. The lowest BCUT2D eigenvalue weighted by molar-refractivity contribution is 0.0375. The molecule has 2 atom stereocenters. The third-order valence-corrected chi connectivity index (χ3v) is 5.11. The van der Waals surface area contributed by atoms with Crippen LogP contribution in [0, 0.1) is 0 Å². The predicted octanol–water partition coefficient (Wildman–Crippen LogP) is 2.56. The van der Waals surface area contributed by atoms with E-state index in [1.165, 1.54) is 10.8 Å². The molecule has 3 aromatic rings. The molecule has 0 saturated carbocycles. The molecule has 0 radical (unpaired) electrons. The van der Waals surface area contributed by atoms with Crippen LogP contribution in [0.1, 0.15) is 28.4 Å². The number of imidazole rings is 1. The summed E-state index contributed by atoms with van der Waals surface area (Å²) in [5.41, 5.74) is 1.69. The molecule has 1 aliphatic rings. The molecule has 128 valence electrons. The number of likely N-dealkylation sites (tertiary alicyclic amines) is 1. The number of benzene rings is 2. The Hall–Kier alpha value is -2.66. The number of hydrogen-bond donors (Lipinski definition) is 1. The van der Waals surface area contributed by atoms with Crippen LogP contribution in [0.25, 0.3) is 10.8 Å². The summed E-state index contributed by atoms with van der Waals surface area (Å²) < 4.78 is 1.71. The minimum absolute atomic E-state index is 0.0557. The van der Waals surface area contributed by atoms with Gasteiger partial charge in [-0.05, 0) is 22.8 Å². The number of aryl methyl sites for hydroxylation is 1. The molecule has 0 spiro atoms. The lowest BCUT2D eigenvalue weighted by Gasteiger charge is -2.36. The summed E-state index contributed by atoms with van der Waals surface area (Å²) in [5.74, 6) is -0.0174. The first-order valence-electron chi connectivity index (χ1n) is 8.56. The van der Waals surface area contributed by atoms with Gasteiger partial charge in [0.05, 0.1) is 18.6 Å². The Kier molecular flexibility index (Phi) is 4.01. The average molecular weight is 335 g/mol. The first-order chi connectivity index (χ1) is 12.1. The van der Waals surface area contributed by atoms with Crippen LogP contribution < -0.4 is 0 Å². The second-order valence-corrected chi connectivity index (χ2v) is 6.71. The van der Waals surface area contributed by atoms with Crippen LogP contribution in [0.5, 0.6) is 0 Å². The summed E-state index contributed by atoms with van der Waals surface area (Å²) in [7, 11) is 1.80. The van der Waals surface area contributed by atoms with Gasteiger partial charge >= 0.3 is 0 Å². The molecule has 5 nitrogen and oxygen atoms in total. The number of carbonyl (C=O) groups is 1. The normalized spacial score (nSPS) is 20.8. The number of hydrogen-bond acceptors (Lipinski definition) is 3. The van der Waals surface area contributed by atoms with Crippen molar-refractivity contribution in [3.63, 3.8) is 0 Å². The highest BCUT2D eigenvalue weighted by molar-refractivity contribution is 5.92. The smallest absolute Gasteiger partial charge is 0.272 e. The van der Waals surface area contributed by atoms with Gasteiger partial charge in [0.2, 0.25) is 0 Å². The molecule has 1 saturated heterocycles. The van der Waals surface area contributed by atoms with Crippen molar-refractivity contribution in [2.45, 2.75) is 18.4 Å². The molecule has 1 aliphatic heterocycles. The van der Waals surface area contributed by atoms with Crippen LogP contribution in [0.4, 0.5) is 0 Å². The molecule has 25 heavy (non-hydrogen) atoms. The molecule has 0 aliphatic carbocycles. The molecule has 0 bridgehead atoms. The highest BCUT2D eigenvalue weighted by Crippen LogP contribution is 2.31.